The Balaban J connectivity index is -0.000000600. The second kappa shape index (κ2) is 28.8. The first-order valence-corrected chi connectivity index (χ1v) is 10.9. The Kier molecular flexibility index (Phi) is 31.0. The van der Waals surface area contributed by atoms with E-state index in [1.54, 1.807) is 6.08 Å². The molecule has 0 aromatic carbocycles. The summed E-state index contributed by atoms with van der Waals surface area (Å²) in [6, 6.07) is 0. The Morgan fingerprint density at radius 1 is 0.667 bits per heavy atom. The number of rotatable bonds is 15. The summed E-state index contributed by atoms with van der Waals surface area (Å²) in [5, 5.41) is 23.7. The number of unbranched alkanes of at least 4 members (excludes halogenated alkanes) is 9. The lowest BCUT2D eigenvalue weighted by atomic mass is 10.1. The van der Waals surface area contributed by atoms with Crippen molar-refractivity contribution >= 4 is 17.9 Å². The van der Waals surface area contributed by atoms with Gasteiger partial charge in [-0.05, 0) is 19.3 Å². The zero-order valence-corrected chi connectivity index (χ0v) is 19.0. The van der Waals surface area contributed by atoms with Gasteiger partial charge < -0.3 is 15.3 Å². The summed E-state index contributed by atoms with van der Waals surface area (Å²) in [5.41, 5.74) is 0. The van der Waals surface area contributed by atoms with Crippen molar-refractivity contribution in [3.05, 3.63) is 36.5 Å². The van der Waals surface area contributed by atoms with Gasteiger partial charge >= 0.3 is 11.9 Å². The van der Waals surface area contributed by atoms with Gasteiger partial charge in [0.2, 0.25) is 0 Å². The van der Waals surface area contributed by atoms with Gasteiger partial charge in [0.15, 0.2) is 0 Å². The fourth-order valence-electron chi connectivity index (χ4n) is 2.23. The van der Waals surface area contributed by atoms with Crippen LogP contribution in [0.1, 0.15) is 97.8 Å². The standard InChI is InChI=1S/C18H30O2.C4H8O2.C2H4O2/c1-2-3-4-5-6-7-8-9-10-11-12-13-14-15-16-17-18(19)20;1-2-3-4(5)6;1-2(3)4/h12-17H,2-11H2,1H3,(H,19,20);2-3H2,1H3,(H,5,6);1H3,(H,3,4)/b13-12+,15-14+,17-16+;;. The average molecular weight is 427 g/mol. The van der Waals surface area contributed by atoms with Gasteiger partial charge in [-0.1, -0.05) is 95.6 Å². The van der Waals surface area contributed by atoms with Crippen molar-refractivity contribution in [1.29, 1.82) is 0 Å². The molecule has 6 heteroatoms. The molecule has 0 atom stereocenters. The van der Waals surface area contributed by atoms with Crippen LogP contribution in [0.3, 0.4) is 0 Å². The number of hydrogen-bond acceptors (Lipinski definition) is 3. The normalized spacial score (nSPS) is 10.5. The molecule has 0 aliphatic rings. The van der Waals surface area contributed by atoms with Gasteiger partial charge in [0.1, 0.15) is 0 Å². The summed E-state index contributed by atoms with van der Waals surface area (Å²) >= 11 is 0. The molecule has 3 N–H and O–H groups in total. The van der Waals surface area contributed by atoms with Gasteiger partial charge in [-0.2, -0.15) is 0 Å². The molecule has 0 aliphatic carbocycles. The molecule has 0 bridgehead atoms. The number of carbonyl (C=O) groups is 3. The summed E-state index contributed by atoms with van der Waals surface area (Å²) in [7, 11) is 0. The lowest BCUT2D eigenvalue weighted by Crippen LogP contribution is -1.90. The van der Waals surface area contributed by atoms with Crippen LogP contribution >= 0.6 is 0 Å². The molecule has 0 aromatic heterocycles. The highest BCUT2D eigenvalue weighted by molar-refractivity contribution is 5.80. The maximum absolute atomic E-state index is 10.2. The van der Waals surface area contributed by atoms with Gasteiger partial charge in [-0.15, -0.1) is 0 Å². The summed E-state index contributed by atoms with van der Waals surface area (Å²) < 4.78 is 0. The Morgan fingerprint density at radius 3 is 1.53 bits per heavy atom. The second-order valence-electron chi connectivity index (χ2n) is 6.79. The van der Waals surface area contributed by atoms with Crippen LogP contribution in [-0.4, -0.2) is 33.2 Å². The zero-order valence-electron chi connectivity index (χ0n) is 19.0. The Hall–Kier alpha value is -2.37. The van der Waals surface area contributed by atoms with Crippen LogP contribution in [0.5, 0.6) is 0 Å². The summed E-state index contributed by atoms with van der Waals surface area (Å²) in [5.74, 6) is -2.45. The second-order valence-corrected chi connectivity index (χ2v) is 6.79. The Labute approximate surface area is 182 Å². The van der Waals surface area contributed by atoms with Crippen LogP contribution in [-0.2, 0) is 14.4 Å². The average Bonchev–Trinajstić information content (AvgIpc) is 2.64. The molecular weight excluding hydrogens is 384 g/mol. The molecule has 0 unspecified atom stereocenters. The zero-order chi connectivity index (χ0) is 23.5. The van der Waals surface area contributed by atoms with Gasteiger partial charge in [0, 0.05) is 19.4 Å². The molecule has 0 aromatic rings. The third-order valence-electron chi connectivity index (χ3n) is 3.65. The Bertz CT molecular complexity index is 488. The highest BCUT2D eigenvalue weighted by Gasteiger charge is 1.91. The molecule has 0 spiro atoms. The third-order valence-corrected chi connectivity index (χ3v) is 3.65. The highest BCUT2D eigenvalue weighted by atomic mass is 16.4. The predicted molar refractivity (Wildman–Crippen MR) is 123 cm³/mol. The molecule has 0 heterocycles. The number of hydrogen-bond donors (Lipinski definition) is 3. The summed E-state index contributed by atoms with van der Waals surface area (Å²) in [4.78, 5) is 28.8. The Morgan fingerprint density at radius 2 is 1.13 bits per heavy atom. The lowest BCUT2D eigenvalue weighted by molar-refractivity contribution is -0.137. The SMILES string of the molecule is CC(=O)O.CCCC(=O)O.CCCCCCCCCCC/C=C/C=C/C=C/C(=O)O. The number of carboxylic acid groups (broad SMARTS) is 3. The first-order valence-electron chi connectivity index (χ1n) is 10.9. The quantitative estimate of drug-likeness (QED) is 0.154. The van der Waals surface area contributed by atoms with Gasteiger partial charge in [0.05, 0.1) is 0 Å². The van der Waals surface area contributed by atoms with E-state index >= 15 is 0 Å². The molecule has 0 aliphatic heterocycles. The van der Waals surface area contributed by atoms with E-state index in [9.17, 15) is 9.59 Å². The molecule has 0 fully saturated rings. The van der Waals surface area contributed by atoms with Crippen LogP contribution < -0.4 is 0 Å². The van der Waals surface area contributed by atoms with Crippen LogP contribution in [0.4, 0.5) is 0 Å². The lowest BCUT2D eigenvalue weighted by Gasteiger charge is -2.00. The summed E-state index contributed by atoms with van der Waals surface area (Å²) in [6.45, 7) is 5.18. The fraction of sp³-hybridized carbons (Fsp3) is 0.625. The molecular formula is C24H42O6. The number of allylic oxidation sites excluding steroid dienone is 5. The smallest absolute Gasteiger partial charge is 0.328 e. The van der Waals surface area contributed by atoms with Crippen molar-refractivity contribution in [3.63, 3.8) is 0 Å². The van der Waals surface area contributed by atoms with Crippen molar-refractivity contribution in [3.8, 4) is 0 Å². The molecule has 174 valence electrons. The van der Waals surface area contributed by atoms with E-state index in [-0.39, 0.29) is 0 Å². The first-order chi connectivity index (χ1) is 14.3. The van der Waals surface area contributed by atoms with Crippen molar-refractivity contribution in [2.24, 2.45) is 0 Å². The maximum atomic E-state index is 10.2. The van der Waals surface area contributed by atoms with Crippen molar-refractivity contribution in [2.45, 2.75) is 97.8 Å². The minimum absolute atomic E-state index is 0.292. The maximum Gasteiger partial charge on any atom is 0.328 e. The fourth-order valence-corrected chi connectivity index (χ4v) is 2.23. The van der Waals surface area contributed by atoms with Crippen molar-refractivity contribution in [2.75, 3.05) is 0 Å². The molecule has 0 saturated heterocycles. The molecule has 6 nitrogen and oxygen atoms in total. The van der Waals surface area contributed by atoms with Crippen LogP contribution in [0.15, 0.2) is 36.5 Å². The molecule has 30 heavy (non-hydrogen) atoms. The van der Waals surface area contributed by atoms with Gasteiger partial charge in [-0.3, -0.25) is 9.59 Å². The first kappa shape index (κ1) is 32.3. The minimum Gasteiger partial charge on any atom is -0.481 e. The van der Waals surface area contributed by atoms with Crippen LogP contribution in [0, 0.1) is 0 Å². The molecule has 0 amide bonds. The third kappa shape index (κ3) is 50.0. The largest absolute Gasteiger partial charge is 0.481 e. The van der Waals surface area contributed by atoms with Crippen molar-refractivity contribution in [1.82, 2.24) is 0 Å². The molecule has 0 saturated carbocycles. The van der Waals surface area contributed by atoms with E-state index < -0.39 is 17.9 Å². The van der Waals surface area contributed by atoms with Crippen molar-refractivity contribution < 1.29 is 29.7 Å². The van der Waals surface area contributed by atoms with E-state index in [2.05, 4.69) is 13.0 Å². The van der Waals surface area contributed by atoms with Crippen LogP contribution in [0.25, 0.3) is 0 Å². The highest BCUT2D eigenvalue weighted by Crippen LogP contribution is 2.10. The molecule has 0 rings (SSSR count). The van der Waals surface area contributed by atoms with E-state index in [1.165, 1.54) is 63.9 Å². The monoisotopic (exact) mass is 426 g/mol. The van der Waals surface area contributed by atoms with E-state index in [0.29, 0.717) is 6.42 Å². The van der Waals surface area contributed by atoms with Gasteiger partial charge in [-0.25, -0.2) is 4.79 Å². The van der Waals surface area contributed by atoms with E-state index in [0.717, 1.165) is 25.8 Å². The van der Waals surface area contributed by atoms with Crippen LogP contribution in [0.2, 0.25) is 0 Å². The van der Waals surface area contributed by atoms with E-state index in [1.807, 2.05) is 19.1 Å². The number of carboxylic acids is 3. The molecule has 0 radical (unpaired) electrons. The van der Waals surface area contributed by atoms with Gasteiger partial charge in [0.25, 0.3) is 5.97 Å². The van der Waals surface area contributed by atoms with E-state index in [4.69, 9.17) is 20.1 Å². The number of aliphatic carboxylic acids is 3. The topological polar surface area (TPSA) is 112 Å². The summed E-state index contributed by atoms with van der Waals surface area (Å²) in [6.07, 6.45) is 24.8. The predicted octanol–water partition coefficient (Wildman–Crippen LogP) is 6.62. The minimum atomic E-state index is -0.909.